The highest BCUT2D eigenvalue weighted by molar-refractivity contribution is 6.47. The van der Waals surface area contributed by atoms with Gasteiger partial charge in [-0.15, -0.1) is 0 Å². The highest BCUT2D eigenvalue weighted by atomic mass is 35.5. The van der Waals surface area contributed by atoms with E-state index in [0.717, 1.165) is 10.9 Å². The first-order chi connectivity index (χ1) is 5.70. The molecule has 2 rings (SSSR count). The Morgan fingerprint density at radius 1 is 1.17 bits per heavy atom. The van der Waals surface area contributed by atoms with E-state index in [1.165, 1.54) is 0 Å². The first kappa shape index (κ1) is 8.24. The van der Waals surface area contributed by atoms with Crippen LogP contribution in [0.5, 0.6) is 0 Å². The molecule has 0 aliphatic rings. The molecule has 0 spiro atoms. The Morgan fingerprint density at radius 2 is 1.92 bits per heavy atom. The molecule has 2 aromatic rings. The number of hydrogen-bond donors (Lipinski definition) is 1. The molecule has 0 aliphatic carbocycles. The van der Waals surface area contributed by atoms with Crippen LogP contribution in [0.2, 0.25) is 15.1 Å². The van der Waals surface area contributed by atoms with E-state index < -0.39 is 0 Å². The highest BCUT2D eigenvalue weighted by Gasteiger charge is 2.08. The molecule has 0 atom stereocenters. The highest BCUT2D eigenvalue weighted by Crippen LogP contribution is 2.34. The van der Waals surface area contributed by atoms with Crippen LogP contribution in [0.25, 0.3) is 10.9 Å². The number of benzene rings is 1. The van der Waals surface area contributed by atoms with Crippen molar-refractivity contribution in [3.8, 4) is 0 Å². The van der Waals surface area contributed by atoms with Crippen molar-refractivity contribution in [3.05, 3.63) is 33.4 Å². The summed E-state index contributed by atoms with van der Waals surface area (Å²) in [5, 5.41) is 2.26. The maximum absolute atomic E-state index is 5.90. The quantitative estimate of drug-likeness (QED) is 0.646. The molecule has 1 N–H and O–H groups in total. The average molecular weight is 219 g/mol. The summed E-state index contributed by atoms with van der Waals surface area (Å²) in [7, 11) is 0. The SMILES string of the molecule is Clc1cc(Cl)c2[c]c[nH]c2c1Cl. The maximum Gasteiger partial charge on any atom is 0.0834 e. The molecular formula is C8H3Cl3N. The summed E-state index contributed by atoms with van der Waals surface area (Å²) in [5.74, 6) is 0. The van der Waals surface area contributed by atoms with Crippen molar-refractivity contribution < 1.29 is 0 Å². The summed E-state index contributed by atoms with van der Waals surface area (Å²) in [6.07, 6.45) is 1.65. The zero-order valence-electron chi connectivity index (χ0n) is 5.79. The first-order valence-corrected chi connectivity index (χ1v) is 4.36. The van der Waals surface area contributed by atoms with Gasteiger partial charge in [0.15, 0.2) is 0 Å². The van der Waals surface area contributed by atoms with E-state index in [1.807, 2.05) is 0 Å². The van der Waals surface area contributed by atoms with Crippen LogP contribution in [-0.2, 0) is 0 Å². The Balaban J connectivity index is 2.97. The van der Waals surface area contributed by atoms with Gasteiger partial charge in [0.2, 0.25) is 0 Å². The lowest BCUT2D eigenvalue weighted by Gasteiger charge is -1.98. The average Bonchev–Trinajstić information content (AvgIpc) is 2.48. The number of rotatable bonds is 0. The summed E-state index contributed by atoms with van der Waals surface area (Å²) in [6, 6.07) is 4.53. The lowest BCUT2D eigenvalue weighted by atomic mass is 10.2. The van der Waals surface area contributed by atoms with Gasteiger partial charge in [-0.25, -0.2) is 0 Å². The lowest BCUT2D eigenvalue weighted by molar-refractivity contribution is 1.47. The first-order valence-electron chi connectivity index (χ1n) is 3.22. The van der Waals surface area contributed by atoms with Gasteiger partial charge in [-0.1, -0.05) is 34.8 Å². The fourth-order valence-corrected chi connectivity index (χ4v) is 1.77. The smallest absolute Gasteiger partial charge is 0.0834 e. The second-order valence-electron chi connectivity index (χ2n) is 2.34. The van der Waals surface area contributed by atoms with Crippen molar-refractivity contribution in [3.63, 3.8) is 0 Å². The van der Waals surface area contributed by atoms with Gasteiger partial charge in [-0.2, -0.15) is 0 Å². The van der Waals surface area contributed by atoms with E-state index in [-0.39, 0.29) is 0 Å². The van der Waals surface area contributed by atoms with E-state index >= 15 is 0 Å². The minimum absolute atomic E-state index is 0.449. The number of fused-ring (bicyclic) bond motifs is 1. The van der Waals surface area contributed by atoms with E-state index in [2.05, 4.69) is 11.1 Å². The fourth-order valence-electron chi connectivity index (χ4n) is 1.05. The standard InChI is InChI=1S/C8H3Cl3N/c9-5-3-6(10)7(11)8-4(5)1-2-12-8/h2-3,12H. The van der Waals surface area contributed by atoms with Crippen LogP contribution in [0.15, 0.2) is 12.3 Å². The molecular weight excluding hydrogens is 216 g/mol. The van der Waals surface area contributed by atoms with Gasteiger partial charge in [-0.05, 0) is 6.07 Å². The summed E-state index contributed by atoms with van der Waals surface area (Å²) in [6.45, 7) is 0. The normalized spacial score (nSPS) is 10.9. The molecule has 0 unspecified atom stereocenters. The van der Waals surface area contributed by atoms with Gasteiger partial charge in [-0.3, -0.25) is 0 Å². The molecule has 1 aromatic carbocycles. The van der Waals surface area contributed by atoms with Gasteiger partial charge in [0.1, 0.15) is 0 Å². The van der Waals surface area contributed by atoms with Crippen LogP contribution in [0.4, 0.5) is 0 Å². The van der Waals surface area contributed by atoms with Crippen molar-refractivity contribution in [2.24, 2.45) is 0 Å². The largest absolute Gasteiger partial charge is 0.359 e. The predicted octanol–water partition coefficient (Wildman–Crippen LogP) is 3.93. The molecule has 1 aromatic heterocycles. The molecule has 12 heavy (non-hydrogen) atoms. The Labute approximate surface area is 84.2 Å². The number of aromatic nitrogens is 1. The number of hydrogen-bond acceptors (Lipinski definition) is 0. The predicted molar refractivity (Wildman–Crippen MR) is 52.2 cm³/mol. The molecule has 0 aliphatic heterocycles. The molecule has 0 fully saturated rings. The number of H-pyrrole nitrogens is 1. The molecule has 4 heteroatoms. The van der Waals surface area contributed by atoms with Crippen molar-refractivity contribution in [1.82, 2.24) is 4.98 Å². The van der Waals surface area contributed by atoms with Crippen LogP contribution in [0.3, 0.4) is 0 Å². The zero-order valence-corrected chi connectivity index (χ0v) is 8.06. The van der Waals surface area contributed by atoms with Crippen LogP contribution in [0, 0.1) is 6.07 Å². The van der Waals surface area contributed by atoms with Gasteiger partial charge in [0.05, 0.1) is 20.6 Å². The topological polar surface area (TPSA) is 15.8 Å². The van der Waals surface area contributed by atoms with Crippen molar-refractivity contribution in [2.75, 3.05) is 0 Å². The van der Waals surface area contributed by atoms with Crippen LogP contribution < -0.4 is 0 Å². The van der Waals surface area contributed by atoms with E-state index in [4.69, 9.17) is 34.8 Å². The summed E-state index contributed by atoms with van der Waals surface area (Å²) >= 11 is 17.6. The minimum atomic E-state index is 0.449. The molecule has 0 bridgehead atoms. The summed E-state index contributed by atoms with van der Waals surface area (Å²) in [4.78, 5) is 2.91. The molecule has 1 nitrogen and oxygen atoms in total. The van der Waals surface area contributed by atoms with Crippen molar-refractivity contribution in [1.29, 1.82) is 0 Å². The Hall–Kier alpha value is -0.370. The Bertz CT molecular complexity index is 433. The molecule has 0 saturated heterocycles. The minimum Gasteiger partial charge on any atom is -0.359 e. The van der Waals surface area contributed by atoms with E-state index in [0.29, 0.717) is 15.1 Å². The van der Waals surface area contributed by atoms with Crippen LogP contribution in [-0.4, -0.2) is 4.98 Å². The molecule has 0 amide bonds. The lowest BCUT2D eigenvalue weighted by Crippen LogP contribution is -1.74. The van der Waals surface area contributed by atoms with Crippen LogP contribution >= 0.6 is 34.8 Å². The second kappa shape index (κ2) is 2.84. The van der Waals surface area contributed by atoms with Gasteiger partial charge >= 0.3 is 0 Å². The maximum atomic E-state index is 5.90. The second-order valence-corrected chi connectivity index (χ2v) is 3.53. The van der Waals surface area contributed by atoms with Gasteiger partial charge in [0, 0.05) is 17.6 Å². The number of aromatic amines is 1. The van der Waals surface area contributed by atoms with E-state index in [1.54, 1.807) is 12.3 Å². The summed E-state index contributed by atoms with van der Waals surface area (Å²) < 4.78 is 0. The molecule has 0 saturated carbocycles. The van der Waals surface area contributed by atoms with E-state index in [9.17, 15) is 0 Å². The number of halogens is 3. The molecule has 1 heterocycles. The third kappa shape index (κ3) is 1.09. The Morgan fingerprint density at radius 3 is 2.67 bits per heavy atom. The van der Waals surface area contributed by atoms with Gasteiger partial charge in [0.25, 0.3) is 0 Å². The summed E-state index contributed by atoms with van der Waals surface area (Å²) in [5.41, 5.74) is 0.731. The fraction of sp³-hybridized carbons (Fsp3) is 0. The zero-order chi connectivity index (χ0) is 8.72. The number of nitrogens with one attached hydrogen (secondary N) is 1. The third-order valence-electron chi connectivity index (χ3n) is 1.60. The third-order valence-corrected chi connectivity index (χ3v) is 2.69. The Kier molecular flexibility index (Phi) is 1.95. The van der Waals surface area contributed by atoms with Crippen molar-refractivity contribution in [2.45, 2.75) is 0 Å². The van der Waals surface area contributed by atoms with Crippen molar-refractivity contribution >= 4 is 45.7 Å². The monoisotopic (exact) mass is 218 g/mol. The molecule has 1 radical (unpaired) electrons. The van der Waals surface area contributed by atoms with Gasteiger partial charge < -0.3 is 4.98 Å². The van der Waals surface area contributed by atoms with Crippen LogP contribution in [0.1, 0.15) is 0 Å². The molecule has 61 valence electrons.